The van der Waals surface area contributed by atoms with Gasteiger partial charge in [-0.25, -0.2) is 0 Å². The van der Waals surface area contributed by atoms with Crippen LogP contribution in [0, 0.1) is 5.92 Å². The zero-order valence-electron chi connectivity index (χ0n) is 11.9. The molecule has 106 valence electrons. The Bertz CT molecular complexity index is 238. The maximum Gasteiger partial charge on any atom is 0.305 e. The lowest BCUT2D eigenvalue weighted by Gasteiger charge is -2.14. The summed E-state index contributed by atoms with van der Waals surface area (Å²) in [5.41, 5.74) is 0. The molecule has 0 aromatic rings. The van der Waals surface area contributed by atoms with E-state index in [1.54, 1.807) is 0 Å². The number of esters is 2. The summed E-state index contributed by atoms with van der Waals surface area (Å²) in [7, 11) is 2.79. The normalized spacial score (nSPS) is 11.9. The van der Waals surface area contributed by atoms with Crippen LogP contribution in [0.4, 0.5) is 0 Å². The second-order valence-corrected chi connectivity index (χ2v) is 4.61. The summed E-state index contributed by atoms with van der Waals surface area (Å²) in [6, 6.07) is 0. The third-order valence-electron chi connectivity index (χ3n) is 3.13. The van der Waals surface area contributed by atoms with Crippen molar-refractivity contribution >= 4 is 11.9 Å². The van der Waals surface area contributed by atoms with E-state index < -0.39 is 0 Å². The van der Waals surface area contributed by atoms with Crippen molar-refractivity contribution in [3.8, 4) is 0 Å². The van der Waals surface area contributed by atoms with Gasteiger partial charge in [0.25, 0.3) is 0 Å². The van der Waals surface area contributed by atoms with Gasteiger partial charge in [0.1, 0.15) is 0 Å². The van der Waals surface area contributed by atoms with E-state index in [0.29, 0.717) is 19.3 Å². The molecule has 4 nitrogen and oxygen atoms in total. The molecule has 0 saturated heterocycles. The van der Waals surface area contributed by atoms with E-state index in [-0.39, 0.29) is 17.9 Å². The van der Waals surface area contributed by atoms with Gasteiger partial charge < -0.3 is 9.47 Å². The molecule has 0 N–H and O–H groups in total. The van der Waals surface area contributed by atoms with Gasteiger partial charge in [0, 0.05) is 12.8 Å². The molecule has 0 rings (SSSR count). The molecule has 0 fully saturated rings. The molecule has 1 atom stereocenters. The molecule has 0 aromatic carbocycles. The summed E-state index contributed by atoms with van der Waals surface area (Å²) in [6.07, 6.45) is 7.18. The molecule has 0 aliphatic rings. The minimum Gasteiger partial charge on any atom is -0.469 e. The van der Waals surface area contributed by atoms with Gasteiger partial charge in [-0.05, 0) is 18.8 Å². The highest BCUT2D eigenvalue weighted by Gasteiger charge is 2.15. The van der Waals surface area contributed by atoms with Gasteiger partial charge in [0.15, 0.2) is 0 Å². The van der Waals surface area contributed by atoms with Crippen LogP contribution in [-0.4, -0.2) is 26.2 Å². The Hall–Kier alpha value is -1.06. The van der Waals surface area contributed by atoms with Crippen molar-refractivity contribution in [2.45, 2.75) is 58.3 Å². The quantitative estimate of drug-likeness (QED) is 0.446. The van der Waals surface area contributed by atoms with E-state index in [1.165, 1.54) is 33.5 Å². The zero-order chi connectivity index (χ0) is 13.8. The minimum atomic E-state index is -0.210. The Morgan fingerprint density at radius 1 is 0.944 bits per heavy atom. The first-order valence-electron chi connectivity index (χ1n) is 6.77. The van der Waals surface area contributed by atoms with Crippen LogP contribution in [0.5, 0.6) is 0 Å². The molecule has 0 aliphatic heterocycles. The van der Waals surface area contributed by atoms with Gasteiger partial charge in [-0.2, -0.15) is 0 Å². The molecule has 0 aromatic heterocycles. The molecule has 0 spiro atoms. The van der Waals surface area contributed by atoms with E-state index >= 15 is 0 Å². The number of carbonyl (C=O) groups excluding carboxylic acids is 2. The van der Waals surface area contributed by atoms with E-state index in [4.69, 9.17) is 0 Å². The van der Waals surface area contributed by atoms with Crippen molar-refractivity contribution in [1.29, 1.82) is 0 Å². The molecule has 1 unspecified atom stereocenters. The van der Waals surface area contributed by atoms with E-state index in [2.05, 4.69) is 16.4 Å². The Morgan fingerprint density at radius 3 is 2.17 bits per heavy atom. The van der Waals surface area contributed by atoms with Gasteiger partial charge in [-0.3, -0.25) is 9.59 Å². The number of methoxy groups -OCH3 is 2. The maximum atomic E-state index is 11.3. The van der Waals surface area contributed by atoms with E-state index in [1.807, 2.05) is 0 Å². The van der Waals surface area contributed by atoms with Crippen molar-refractivity contribution in [2.24, 2.45) is 5.92 Å². The van der Waals surface area contributed by atoms with Crippen molar-refractivity contribution in [1.82, 2.24) is 0 Å². The highest BCUT2D eigenvalue weighted by Crippen LogP contribution is 2.20. The molecule has 0 amide bonds. The summed E-state index contributed by atoms with van der Waals surface area (Å²) >= 11 is 0. The predicted octanol–water partition coefficient (Wildman–Crippen LogP) is 3.09. The van der Waals surface area contributed by atoms with Crippen molar-refractivity contribution in [3.05, 3.63) is 0 Å². The third kappa shape index (κ3) is 9.02. The van der Waals surface area contributed by atoms with Crippen LogP contribution in [0.25, 0.3) is 0 Å². The molecule has 0 radical (unpaired) electrons. The standard InChI is InChI=1S/C14H26O4/c1-4-5-6-7-8-12(11-14(16)18-3)9-10-13(15)17-2/h12H,4-11H2,1-3H3. The SMILES string of the molecule is CCCCCCC(CCC(=O)OC)CC(=O)OC. The van der Waals surface area contributed by atoms with Crippen LogP contribution in [0.15, 0.2) is 0 Å². The first kappa shape index (κ1) is 16.9. The first-order valence-corrected chi connectivity index (χ1v) is 6.77. The molecule has 18 heavy (non-hydrogen) atoms. The summed E-state index contributed by atoms with van der Waals surface area (Å²) < 4.78 is 9.31. The molecule has 4 heteroatoms. The van der Waals surface area contributed by atoms with Gasteiger partial charge in [-0.15, -0.1) is 0 Å². The molecule has 0 saturated carbocycles. The monoisotopic (exact) mass is 258 g/mol. The van der Waals surface area contributed by atoms with Gasteiger partial charge in [0.05, 0.1) is 14.2 Å². The van der Waals surface area contributed by atoms with Crippen LogP contribution in [0.3, 0.4) is 0 Å². The summed E-state index contributed by atoms with van der Waals surface area (Å²) in [5, 5.41) is 0. The lowest BCUT2D eigenvalue weighted by molar-refractivity contribution is -0.144. The molecule has 0 aliphatic carbocycles. The van der Waals surface area contributed by atoms with Gasteiger partial charge in [0.2, 0.25) is 0 Å². The summed E-state index contributed by atoms with van der Waals surface area (Å²) in [6.45, 7) is 2.17. The lowest BCUT2D eigenvalue weighted by atomic mass is 9.93. The molecular weight excluding hydrogens is 232 g/mol. The number of unbranched alkanes of at least 4 members (excludes halogenated alkanes) is 3. The number of hydrogen-bond acceptors (Lipinski definition) is 4. The van der Waals surface area contributed by atoms with Crippen molar-refractivity contribution in [2.75, 3.05) is 14.2 Å². The fourth-order valence-corrected chi connectivity index (χ4v) is 1.95. The van der Waals surface area contributed by atoms with Crippen LogP contribution in [-0.2, 0) is 19.1 Å². The highest BCUT2D eigenvalue weighted by molar-refractivity contribution is 5.70. The number of rotatable bonds is 10. The van der Waals surface area contributed by atoms with E-state index in [9.17, 15) is 9.59 Å². The van der Waals surface area contributed by atoms with Crippen LogP contribution in [0.2, 0.25) is 0 Å². The van der Waals surface area contributed by atoms with Gasteiger partial charge >= 0.3 is 11.9 Å². The maximum absolute atomic E-state index is 11.3. The minimum absolute atomic E-state index is 0.194. The zero-order valence-corrected chi connectivity index (χ0v) is 11.9. The summed E-state index contributed by atoms with van der Waals surface area (Å²) in [5.74, 6) is -0.174. The topological polar surface area (TPSA) is 52.6 Å². The number of ether oxygens (including phenoxy) is 2. The smallest absolute Gasteiger partial charge is 0.305 e. The Kier molecular flexibility index (Phi) is 10.4. The van der Waals surface area contributed by atoms with Crippen LogP contribution >= 0.6 is 0 Å². The molecule has 0 heterocycles. The van der Waals surface area contributed by atoms with Crippen LogP contribution in [0.1, 0.15) is 58.3 Å². The Balaban J connectivity index is 3.99. The highest BCUT2D eigenvalue weighted by atomic mass is 16.5. The number of hydrogen-bond donors (Lipinski definition) is 0. The number of carbonyl (C=O) groups is 2. The van der Waals surface area contributed by atoms with Crippen molar-refractivity contribution in [3.63, 3.8) is 0 Å². The fourth-order valence-electron chi connectivity index (χ4n) is 1.95. The first-order chi connectivity index (χ1) is 8.63. The van der Waals surface area contributed by atoms with Crippen molar-refractivity contribution < 1.29 is 19.1 Å². The summed E-state index contributed by atoms with van der Waals surface area (Å²) in [4.78, 5) is 22.4. The Labute approximate surface area is 110 Å². The Morgan fingerprint density at radius 2 is 1.61 bits per heavy atom. The second kappa shape index (κ2) is 11.1. The molecular formula is C14H26O4. The predicted molar refractivity (Wildman–Crippen MR) is 70.1 cm³/mol. The third-order valence-corrected chi connectivity index (χ3v) is 3.13. The average molecular weight is 258 g/mol. The molecule has 0 bridgehead atoms. The lowest BCUT2D eigenvalue weighted by Crippen LogP contribution is -2.12. The van der Waals surface area contributed by atoms with Gasteiger partial charge in [-0.1, -0.05) is 32.6 Å². The van der Waals surface area contributed by atoms with Crippen LogP contribution < -0.4 is 0 Å². The second-order valence-electron chi connectivity index (χ2n) is 4.61. The largest absolute Gasteiger partial charge is 0.469 e. The fraction of sp³-hybridized carbons (Fsp3) is 0.857. The average Bonchev–Trinajstić information content (AvgIpc) is 2.39. The van der Waals surface area contributed by atoms with E-state index in [0.717, 1.165) is 12.8 Å².